The van der Waals surface area contributed by atoms with Gasteiger partial charge in [0.2, 0.25) is 0 Å². The number of nitrogens with zero attached hydrogens (tertiary/aromatic N) is 3. The lowest BCUT2D eigenvalue weighted by atomic mass is 10.5. The van der Waals surface area contributed by atoms with Gasteiger partial charge in [-0.1, -0.05) is 0 Å². The van der Waals surface area contributed by atoms with E-state index in [0.717, 1.165) is 3.79 Å². The molecule has 0 saturated heterocycles. The topological polar surface area (TPSA) is 89.1 Å². The van der Waals surface area contributed by atoms with Gasteiger partial charge in [0.25, 0.3) is 5.89 Å². The molecule has 0 radical (unpaired) electrons. The van der Waals surface area contributed by atoms with E-state index in [9.17, 15) is 4.79 Å². The minimum absolute atomic E-state index is 0.0931. The Morgan fingerprint density at radius 1 is 1.57 bits per heavy atom. The molecular formula is C6H2BrN3O3S. The Morgan fingerprint density at radius 2 is 2.36 bits per heavy atom. The van der Waals surface area contributed by atoms with Crippen LogP contribution in [0.25, 0.3) is 11.6 Å². The second-order valence-corrected chi connectivity index (χ2v) is 4.36. The molecule has 0 aromatic carbocycles. The van der Waals surface area contributed by atoms with Crippen LogP contribution in [-0.4, -0.2) is 26.3 Å². The van der Waals surface area contributed by atoms with Crippen LogP contribution in [-0.2, 0) is 0 Å². The molecule has 0 spiro atoms. The van der Waals surface area contributed by atoms with Gasteiger partial charge < -0.3 is 9.52 Å². The average molecular weight is 276 g/mol. The molecule has 0 aliphatic rings. The Kier molecular flexibility index (Phi) is 2.30. The zero-order chi connectivity index (χ0) is 10.1. The number of halogens is 1. The Balaban J connectivity index is 2.43. The summed E-state index contributed by atoms with van der Waals surface area (Å²) >= 11 is 4.58. The summed E-state index contributed by atoms with van der Waals surface area (Å²) in [6, 6.07) is 0. The zero-order valence-corrected chi connectivity index (χ0v) is 8.87. The molecule has 2 aromatic rings. The molecular weight excluding hydrogens is 274 g/mol. The van der Waals surface area contributed by atoms with E-state index in [0.29, 0.717) is 5.69 Å². The molecule has 2 rings (SSSR count). The normalized spacial score (nSPS) is 10.4. The molecule has 2 heterocycles. The van der Waals surface area contributed by atoms with Crippen LogP contribution in [0.15, 0.2) is 13.7 Å². The fourth-order valence-electron chi connectivity index (χ4n) is 0.777. The third kappa shape index (κ3) is 1.53. The maximum Gasteiger partial charge on any atom is 0.393 e. The van der Waals surface area contributed by atoms with Gasteiger partial charge in [-0.3, -0.25) is 0 Å². The minimum Gasteiger partial charge on any atom is -0.474 e. The molecule has 6 nitrogen and oxygen atoms in total. The first-order chi connectivity index (χ1) is 6.68. The lowest BCUT2D eigenvalue weighted by Gasteiger charge is -1.86. The van der Waals surface area contributed by atoms with E-state index in [1.54, 1.807) is 5.51 Å². The fraction of sp³-hybridized carbons (Fsp3) is 0. The van der Waals surface area contributed by atoms with E-state index in [1.165, 1.54) is 11.3 Å². The van der Waals surface area contributed by atoms with Crippen LogP contribution < -0.4 is 0 Å². The third-order valence-corrected chi connectivity index (χ3v) is 2.88. The van der Waals surface area contributed by atoms with E-state index in [2.05, 4.69) is 31.1 Å². The molecule has 8 heteroatoms. The van der Waals surface area contributed by atoms with Gasteiger partial charge >= 0.3 is 11.9 Å². The van der Waals surface area contributed by atoms with Crippen LogP contribution in [0.5, 0.6) is 0 Å². The Bertz CT molecular complexity index is 480. The molecule has 0 saturated carbocycles. The van der Waals surface area contributed by atoms with Crippen LogP contribution in [0.1, 0.15) is 10.7 Å². The van der Waals surface area contributed by atoms with Crippen molar-refractivity contribution in [2.24, 2.45) is 0 Å². The molecule has 0 atom stereocenters. The highest BCUT2D eigenvalue weighted by molar-refractivity contribution is 9.11. The molecule has 0 bridgehead atoms. The minimum atomic E-state index is -1.25. The van der Waals surface area contributed by atoms with E-state index < -0.39 is 11.9 Å². The summed E-state index contributed by atoms with van der Waals surface area (Å²) in [4.78, 5) is 14.4. The molecule has 0 aliphatic heterocycles. The summed E-state index contributed by atoms with van der Waals surface area (Å²) in [5.41, 5.74) is 2.04. The first kappa shape index (κ1) is 9.28. The molecule has 1 N–H and O–H groups in total. The molecule has 0 aliphatic carbocycles. The number of carboxylic acids is 1. The number of thiazole rings is 1. The number of rotatable bonds is 2. The number of hydrogen-bond acceptors (Lipinski definition) is 6. The zero-order valence-electron chi connectivity index (χ0n) is 6.47. The highest BCUT2D eigenvalue weighted by Crippen LogP contribution is 2.28. The summed E-state index contributed by atoms with van der Waals surface area (Å²) in [5.74, 6) is -1.61. The van der Waals surface area contributed by atoms with E-state index in [-0.39, 0.29) is 5.89 Å². The molecule has 72 valence electrons. The standard InChI is InChI=1S/C6H2BrN3O3S/c7-3-2(8-1-14-3)4-9-10-5(13-4)6(11)12/h1H,(H,11,12). The Hall–Kier alpha value is -1.28. The second kappa shape index (κ2) is 3.46. The van der Waals surface area contributed by atoms with Crippen molar-refractivity contribution in [2.75, 3.05) is 0 Å². The Morgan fingerprint density at radius 3 is 2.86 bits per heavy atom. The van der Waals surface area contributed by atoms with Crippen molar-refractivity contribution in [2.45, 2.75) is 0 Å². The van der Waals surface area contributed by atoms with Crippen LogP contribution in [0, 0.1) is 0 Å². The van der Waals surface area contributed by atoms with Gasteiger partial charge in [-0.05, 0) is 15.9 Å². The van der Waals surface area contributed by atoms with Crippen molar-refractivity contribution < 1.29 is 14.3 Å². The average Bonchev–Trinajstić information content (AvgIpc) is 2.71. The van der Waals surface area contributed by atoms with Gasteiger partial charge in [-0.25, -0.2) is 9.78 Å². The van der Waals surface area contributed by atoms with Gasteiger partial charge in [-0.15, -0.1) is 21.5 Å². The van der Waals surface area contributed by atoms with Crippen LogP contribution in [0.4, 0.5) is 0 Å². The quantitative estimate of drug-likeness (QED) is 0.897. The van der Waals surface area contributed by atoms with Crippen LogP contribution in [0.3, 0.4) is 0 Å². The third-order valence-electron chi connectivity index (χ3n) is 1.33. The second-order valence-electron chi connectivity index (χ2n) is 2.19. The van der Waals surface area contributed by atoms with Gasteiger partial charge in [0, 0.05) is 0 Å². The first-order valence-corrected chi connectivity index (χ1v) is 5.02. The highest BCUT2D eigenvalue weighted by atomic mass is 79.9. The highest BCUT2D eigenvalue weighted by Gasteiger charge is 2.17. The molecule has 14 heavy (non-hydrogen) atoms. The fourth-order valence-corrected chi connectivity index (χ4v) is 1.80. The van der Waals surface area contributed by atoms with Crippen molar-refractivity contribution in [3.05, 3.63) is 15.2 Å². The predicted molar refractivity (Wildman–Crippen MR) is 50.1 cm³/mol. The summed E-state index contributed by atoms with van der Waals surface area (Å²) in [6.07, 6.45) is 0. The summed E-state index contributed by atoms with van der Waals surface area (Å²) in [7, 11) is 0. The van der Waals surface area contributed by atoms with Crippen molar-refractivity contribution in [3.8, 4) is 11.6 Å². The van der Waals surface area contributed by atoms with Gasteiger partial charge in [-0.2, -0.15) is 0 Å². The van der Waals surface area contributed by atoms with Crippen LogP contribution >= 0.6 is 27.3 Å². The maximum atomic E-state index is 10.4. The number of hydrogen-bond donors (Lipinski definition) is 1. The lowest BCUT2D eigenvalue weighted by Crippen LogP contribution is -1.95. The smallest absolute Gasteiger partial charge is 0.393 e. The molecule has 0 unspecified atom stereocenters. The van der Waals surface area contributed by atoms with Gasteiger partial charge in [0.15, 0.2) is 5.69 Å². The maximum absolute atomic E-state index is 10.4. The summed E-state index contributed by atoms with van der Waals surface area (Å²) in [5, 5.41) is 15.4. The number of aromatic nitrogens is 3. The number of aromatic carboxylic acids is 1. The van der Waals surface area contributed by atoms with Crippen LogP contribution in [0.2, 0.25) is 0 Å². The Labute approximate surface area is 89.7 Å². The van der Waals surface area contributed by atoms with Gasteiger partial charge in [0.05, 0.1) is 5.51 Å². The van der Waals surface area contributed by atoms with E-state index in [1.807, 2.05) is 0 Å². The summed E-state index contributed by atoms with van der Waals surface area (Å²) in [6.45, 7) is 0. The summed E-state index contributed by atoms with van der Waals surface area (Å²) < 4.78 is 5.58. The van der Waals surface area contributed by atoms with Crippen molar-refractivity contribution in [1.29, 1.82) is 0 Å². The van der Waals surface area contributed by atoms with Crippen molar-refractivity contribution >= 4 is 33.2 Å². The van der Waals surface area contributed by atoms with E-state index in [4.69, 9.17) is 9.52 Å². The molecule has 0 amide bonds. The predicted octanol–water partition coefficient (Wildman–Crippen LogP) is 1.65. The van der Waals surface area contributed by atoms with Gasteiger partial charge in [0.1, 0.15) is 3.79 Å². The number of carbonyl (C=O) groups is 1. The molecule has 2 aromatic heterocycles. The monoisotopic (exact) mass is 275 g/mol. The lowest BCUT2D eigenvalue weighted by molar-refractivity contribution is 0.0654. The van der Waals surface area contributed by atoms with Crippen molar-refractivity contribution in [1.82, 2.24) is 15.2 Å². The molecule has 0 fully saturated rings. The van der Waals surface area contributed by atoms with E-state index >= 15 is 0 Å². The first-order valence-electron chi connectivity index (χ1n) is 3.34. The number of carboxylic acid groups (broad SMARTS) is 1. The van der Waals surface area contributed by atoms with Crippen molar-refractivity contribution in [3.63, 3.8) is 0 Å². The largest absolute Gasteiger partial charge is 0.474 e. The SMILES string of the molecule is O=C(O)c1nnc(-c2ncsc2Br)o1.